The smallest absolute Gasteiger partial charge is 0.119 e. The molecule has 1 unspecified atom stereocenters. The van der Waals surface area contributed by atoms with Crippen LogP contribution < -0.4 is 10.5 Å². The predicted octanol–water partition coefficient (Wildman–Crippen LogP) is 3.61. The third-order valence-electron chi connectivity index (χ3n) is 3.45. The van der Waals surface area contributed by atoms with Gasteiger partial charge in [-0.1, -0.05) is 6.07 Å². The van der Waals surface area contributed by atoms with Crippen LogP contribution in [0.2, 0.25) is 0 Å². The molecule has 1 atom stereocenters. The zero-order valence-corrected chi connectivity index (χ0v) is 13.1. The van der Waals surface area contributed by atoms with E-state index in [0.29, 0.717) is 0 Å². The lowest BCUT2D eigenvalue weighted by molar-refractivity contribution is 0.170. The Bertz CT molecular complexity index is 663. The molecule has 0 radical (unpaired) electrons. The van der Waals surface area contributed by atoms with Crippen molar-refractivity contribution in [3.8, 4) is 5.75 Å². The number of aromatic nitrogens is 2. The Morgan fingerprint density at radius 2 is 2.09 bits per heavy atom. The molecule has 1 aromatic carbocycles. The second-order valence-electron chi connectivity index (χ2n) is 5.19. The van der Waals surface area contributed by atoms with E-state index < -0.39 is 0 Å². The zero-order valence-electron chi connectivity index (χ0n) is 12.3. The van der Waals surface area contributed by atoms with Gasteiger partial charge in [0.15, 0.2) is 0 Å². The number of nitrogen functional groups attached to an aromatic ring is 1. The molecule has 2 heterocycles. The summed E-state index contributed by atoms with van der Waals surface area (Å²) in [5, 5.41) is 2.11. The van der Waals surface area contributed by atoms with Crippen molar-refractivity contribution < 1.29 is 4.74 Å². The van der Waals surface area contributed by atoms with Gasteiger partial charge in [0.2, 0.25) is 0 Å². The van der Waals surface area contributed by atoms with Crippen LogP contribution >= 0.6 is 11.3 Å². The molecule has 0 aliphatic carbocycles. The summed E-state index contributed by atoms with van der Waals surface area (Å²) < 4.78 is 8.19. The number of hydrogen-bond acceptors (Lipinski definition) is 4. The highest BCUT2D eigenvalue weighted by Crippen LogP contribution is 2.19. The lowest BCUT2D eigenvalue weighted by Gasteiger charge is -2.19. The van der Waals surface area contributed by atoms with Gasteiger partial charge in [-0.15, -0.1) is 11.3 Å². The van der Waals surface area contributed by atoms with Gasteiger partial charge in [-0.2, -0.15) is 0 Å². The van der Waals surface area contributed by atoms with Crippen molar-refractivity contribution in [3.63, 3.8) is 0 Å². The van der Waals surface area contributed by atoms with Crippen molar-refractivity contribution in [1.29, 1.82) is 0 Å². The normalized spacial score (nSPS) is 12.2. The first-order chi connectivity index (χ1) is 10.8. The van der Waals surface area contributed by atoms with Crippen molar-refractivity contribution in [2.75, 3.05) is 5.73 Å². The van der Waals surface area contributed by atoms with E-state index in [-0.39, 0.29) is 6.10 Å². The second kappa shape index (κ2) is 7.13. The molecule has 0 aliphatic rings. The summed E-state index contributed by atoms with van der Waals surface area (Å²) in [6, 6.07) is 11.8. The molecule has 114 valence electrons. The van der Waals surface area contributed by atoms with Crippen LogP contribution in [0.1, 0.15) is 11.3 Å². The molecule has 0 aliphatic heterocycles. The van der Waals surface area contributed by atoms with Gasteiger partial charge < -0.3 is 15.0 Å². The number of aryl methyl sites for hydroxylation is 1. The largest absolute Gasteiger partial charge is 0.489 e. The minimum Gasteiger partial charge on any atom is -0.489 e. The molecule has 22 heavy (non-hydrogen) atoms. The van der Waals surface area contributed by atoms with Crippen LogP contribution in [0.25, 0.3) is 0 Å². The van der Waals surface area contributed by atoms with Gasteiger partial charge in [-0.25, -0.2) is 4.98 Å². The SMILES string of the molecule is Nc1ccc(OC(CCc2cccs2)Cn2ccnc2)cc1. The summed E-state index contributed by atoms with van der Waals surface area (Å²) in [6.45, 7) is 0.787. The van der Waals surface area contributed by atoms with Crippen LogP contribution in [-0.4, -0.2) is 15.7 Å². The lowest BCUT2D eigenvalue weighted by atomic mass is 10.1. The third kappa shape index (κ3) is 4.11. The monoisotopic (exact) mass is 313 g/mol. The summed E-state index contributed by atoms with van der Waals surface area (Å²) in [4.78, 5) is 5.48. The van der Waals surface area contributed by atoms with Crippen LogP contribution in [0.15, 0.2) is 60.5 Å². The van der Waals surface area contributed by atoms with E-state index >= 15 is 0 Å². The van der Waals surface area contributed by atoms with Crippen molar-refractivity contribution in [3.05, 3.63) is 65.4 Å². The average Bonchev–Trinajstić information content (AvgIpc) is 3.20. The number of thiophene rings is 1. The molecule has 2 aromatic heterocycles. The number of benzene rings is 1. The predicted molar refractivity (Wildman–Crippen MR) is 90.1 cm³/mol. The van der Waals surface area contributed by atoms with Gasteiger partial charge in [0, 0.05) is 23.0 Å². The molecule has 3 rings (SSSR count). The molecule has 0 spiro atoms. The maximum absolute atomic E-state index is 6.14. The van der Waals surface area contributed by atoms with E-state index in [9.17, 15) is 0 Å². The minimum absolute atomic E-state index is 0.0972. The molecule has 0 bridgehead atoms. The summed E-state index contributed by atoms with van der Waals surface area (Å²) in [5.74, 6) is 0.852. The summed E-state index contributed by atoms with van der Waals surface area (Å²) in [5.41, 5.74) is 6.47. The van der Waals surface area contributed by atoms with E-state index in [1.807, 2.05) is 36.8 Å². The Balaban J connectivity index is 1.65. The number of ether oxygens (including phenoxy) is 1. The average molecular weight is 313 g/mol. The molecular formula is C17H19N3OS. The van der Waals surface area contributed by atoms with Crippen LogP contribution in [0.4, 0.5) is 5.69 Å². The number of hydrogen-bond donors (Lipinski definition) is 1. The Labute approximate surface area is 134 Å². The maximum atomic E-state index is 6.14. The summed E-state index contributed by atoms with van der Waals surface area (Å²) in [7, 11) is 0. The fourth-order valence-electron chi connectivity index (χ4n) is 2.31. The topological polar surface area (TPSA) is 53.1 Å². The molecule has 2 N–H and O–H groups in total. The lowest BCUT2D eigenvalue weighted by Crippen LogP contribution is -2.23. The zero-order chi connectivity index (χ0) is 15.2. The molecule has 0 saturated carbocycles. The van der Waals surface area contributed by atoms with E-state index in [1.165, 1.54) is 4.88 Å². The molecule has 0 saturated heterocycles. The summed E-state index contributed by atoms with van der Waals surface area (Å²) >= 11 is 1.79. The van der Waals surface area contributed by atoms with Gasteiger partial charge in [-0.3, -0.25) is 0 Å². The number of anilines is 1. The van der Waals surface area contributed by atoms with Crippen molar-refractivity contribution in [2.45, 2.75) is 25.5 Å². The standard InChI is InChI=1S/C17H19N3OS/c18-14-3-5-15(6-4-14)21-16(12-20-10-9-19-13-20)7-8-17-2-1-11-22-17/h1-6,9-11,13,16H,7-8,12,18H2. The fraction of sp³-hybridized carbons (Fsp3) is 0.235. The first kappa shape index (κ1) is 14.7. The number of nitrogens with two attached hydrogens (primary N) is 1. The molecule has 0 amide bonds. The van der Waals surface area contributed by atoms with E-state index in [1.54, 1.807) is 17.5 Å². The van der Waals surface area contributed by atoms with Crippen LogP contribution in [0.5, 0.6) is 5.75 Å². The highest BCUT2D eigenvalue weighted by molar-refractivity contribution is 7.09. The quantitative estimate of drug-likeness (QED) is 0.678. The van der Waals surface area contributed by atoms with Gasteiger partial charge >= 0.3 is 0 Å². The highest BCUT2D eigenvalue weighted by Gasteiger charge is 2.12. The van der Waals surface area contributed by atoms with Gasteiger partial charge in [-0.05, 0) is 48.6 Å². The van der Waals surface area contributed by atoms with Crippen molar-refractivity contribution >= 4 is 17.0 Å². The Morgan fingerprint density at radius 1 is 1.23 bits per heavy atom. The minimum atomic E-state index is 0.0972. The first-order valence-corrected chi connectivity index (χ1v) is 8.18. The molecule has 0 fully saturated rings. The van der Waals surface area contributed by atoms with E-state index in [4.69, 9.17) is 10.5 Å². The number of rotatable bonds is 7. The number of nitrogens with zero attached hydrogens (tertiary/aromatic N) is 2. The number of imidazole rings is 1. The highest BCUT2D eigenvalue weighted by atomic mass is 32.1. The Kier molecular flexibility index (Phi) is 4.75. The fourth-order valence-corrected chi connectivity index (χ4v) is 3.04. The van der Waals surface area contributed by atoms with E-state index in [2.05, 4.69) is 27.1 Å². The molecule has 3 aromatic rings. The van der Waals surface area contributed by atoms with Crippen LogP contribution in [-0.2, 0) is 13.0 Å². The van der Waals surface area contributed by atoms with Crippen molar-refractivity contribution in [1.82, 2.24) is 9.55 Å². The second-order valence-corrected chi connectivity index (χ2v) is 6.22. The van der Waals surface area contributed by atoms with Crippen LogP contribution in [0, 0.1) is 0 Å². The Morgan fingerprint density at radius 3 is 2.77 bits per heavy atom. The van der Waals surface area contributed by atoms with Crippen LogP contribution in [0.3, 0.4) is 0 Å². The summed E-state index contributed by atoms with van der Waals surface area (Å²) in [6.07, 6.45) is 7.66. The Hall–Kier alpha value is -2.27. The molecular weight excluding hydrogens is 294 g/mol. The van der Waals surface area contributed by atoms with Gasteiger partial charge in [0.05, 0.1) is 12.9 Å². The van der Waals surface area contributed by atoms with Gasteiger partial charge in [0.1, 0.15) is 11.9 Å². The molecule has 5 heteroatoms. The molecule has 4 nitrogen and oxygen atoms in total. The van der Waals surface area contributed by atoms with E-state index in [0.717, 1.165) is 30.8 Å². The maximum Gasteiger partial charge on any atom is 0.119 e. The van der Waals surface area contributed by atoms with Gasteiger partial charge in [0.25, 0.3) is 0 Å². The third-order valence-corrected chi connectivity index (χ3v) is 4.39. The first-order valence-electron chi connectivity index (χ1n) is 7.30. The van der Waals surface area contributed by atoms with Crippen molar-refractivity contribution in [2.24, 2.45) is 0 Å².